The Bertz CT molecular complexity index is 1550. The number of allylic oxidation sites excluding steroid dienone is 2. The van der Waals surface area contributed by atoms with Crippen molar-refractivity contribution >= 4 is 5.57 Å². The average Bonchev–Trinajstić information content (AvgIpc) is 3.07. The van der Waals surface area contributed by atoms with Crippen molar-refractivity contribution in [2.45, 2.75) is 5.60 Å². The lowest BCUT2D eigenvalue weighted by atomic mass is 9.82. The fourth-order valence-electron chi connectivity index (χ4n) is 4.70. The summed E-state index contributed by atoms with van der Waals surface area (Å²) >= 11 is 0. The smallest absolute Gasteiger partial charge is 0.134 e. The standard InChI is InChI=1S/C39H34O3/c40-39(34-21-8-2-9-22-34,35-23-10-3-11-24-35)30-38(32-18-6-1-7-19-32)33(31-42-37-27-14-5-15-28-37)20-16-17-29-41-36-25-12-4-13-26-36/h1-28,30,40H,29,31H2/b17-16+,33-20+,38-30-. The molecule has 42 heavy (non-hydrogen) atoms. The van der Waals surface area contributed by atoms with Crippen molar-refractivity contribution < 1.29 is 14.6 Å². The van der Waals surface area contributed by atoms with Gasteiger partial charge in [0.1, 0.15) is 30.3 Å². The second-order valence-corrected chi connectivity index (χ2v) is 9.77. The molecule has 0 aliphatic carbocycles. The largest absolute Gasteiger partial charge is 0.490 e. The van der Waals surface area contributed by atoms with Gasteiger partial charge in [0.15, 0.2) is 0 Å². The van der Waals surface area contributed by atoms with E-state index in [1.807, 2.05) is 164 Å². The van der Waals surface area contributed by atoms with Crippen molar-refractivity contribution in [1.82, 2.24) is 0 Å². The molecule has 0 heterocycles. The molecule has 0 saturated carbocycles. The lowest BCUT2D eigenvalue weighted by Gasteiger charge is -2.28. The van der Waals surface area contributed by atoms with Crippen LogP contribution in [-0.4, -0.2) is 18.3 Å². The Morgan fingerprint density at radius 2 is 1.02 bits per heavy atom. The van der Waals surface area contributed by atoms with Crippen molar-refractivity contribution in [3.63, 3.8) is 0 Å². The predicted molar refractivity (Wildman–Crippen MR) is 171 cm³/mol. The van der Waals surface area contributed by atoms with Crippen LogP contribution in [0.1, 0.15) is 16.7 Å². The molecule has 1 N–H and O–H groups in total. The summed E-state index contributed by atoms with van der Waals surface area (Å²) in [6, 6.07) is 49.2. The second kappa shape index (κ2) is 14.5. The lowest BCUT2D eigenvalue weighted by molar-refractivity contribution is 0.135. The zero-order valence-corrected chi connectivity index (χ0v) is 23.4. The Hall–Kier alpha value is -5.12. The van der Waals surface area contributed by atoms with E-state index in [0.717, 1.165) is 39.3 Å². The van der Waals surface area contributed by atoms with Crippen molar-refractivity contribution in [1.29, 1.82) is 0 Å². The first-order chi connectivity index (χ1) is 20.7. The Morgan fingerprint density at radius 1 is 0.571 bits per heavy atom. The molecule has 5 aromatic rings. The maximum atomic E-state index is 12.5. The van der Waals surface area contributed by atoms with Gasteiger partial charge in [-0.15, -0.1) is 0 Å². The Kier molecular flexibility index (Phi) is 9.80. The van der Waals surface area contributed by atoms with Crippen LogP contribution >= 0.6 is 0 Å². The number of hydrogen-bond donors (Lipinski definition) is 1. The molecule has 3 nitrogen and oxygen atoms in total. The van der Waals surface area contributed by atoms with Gasteiger partial charge in [-0.2, -0.15) is 0 Å². The molecule has 0 unspecified atom stereocenters. The third-order valence-electron chi connectivity index (χ3n) is 6.87. The van der Waals surface area contributed by atoms with Crippen LogP contribution in [0.3, 0.4) is 0 Å². The zero-order chi connectivity index (χ0) is 28.9. The monoisotopic (exact) mass is 550 g/mol. The molecule has 0 aliphatic rings. The summed E-state index contributed by atoms with van der Waals surface area (Å²) in [6.45, 7) is 0.726. The first kappa shape index (κ1) is 28.4. The summed E-state index contributed by atoms with van der Waals surface area (Å²) in [5.41, 5.74) is 2.92. The molecule has 5 rings (SSSR count). The summed E-state index contributed by atoms with van der Waals surface area (Å²) in [5, 5.41) is 12.5. The number of aliphatic hydroxyl groups is 1. The van der Waals surface area contributed by atoms with E-state index in [0.29, 0.717) is 13.2 Å². The van der Waals surface area contributed by atoms with E-state index in [1.54, 1.807) is 0 Å². The zero-order valence-electron chi connectivity index (χ0n) is 23.4. The summed E-state index contributed by atoms with van der Waals surface area (Å²) in [7, 11) is 0. The van der Waals surface area contributed by atoms with E-state index in [1.165, 1.54) is 0 Å². The molecular formula is C39H34O3. The summed E-state index contributed by atoms with van der Waals surface area (Å²) in [6.07, 6.45) is 7.93. The van der Waals surface area contributed by atoms with Crippen LogP contribution in [0.4, 0.5) is 0 Å². The topological polar surface area (TPSA) is 38.7 Å². The molecule has 0 radical (unpaired) electrons. The van der Waals surface area contributed by atoms with Gasteiger partial charge in [-0.3, -0.25) is 0 Å². The summed E-state index contributed by atoms with van der Waals surface area (Å²) in [4.78, 5) is 0. The van der Waals surface area contributed by atoms with Gasteiger partial charge in [-0.1, -0.05) is 140 Å². The predicted octanol–water partition coefficient (Wildman–Crippen LogP) is 8.65. The fraction of sp³-hybridized carbons (Fsp3) is 0.0769. The molecule has 0 atom stereocenters. The van der Waals surface area contributed by atoms with Crippen LogP contribution in [0.15, 0.2) is 182 Å². The number of para-hydroxylation sites is 2. The highest BCUT2D eigenvalue weighted by Crippen LogP contribution is 2.36. The van der Waals surface area contributed by atoms with Crippen LogP contribution in [-0.2, 0) is 5.60 Å². The third-order valence-corrected chi connectivity index (χ3v) is 6.87. The molecule has 0 bridgehead atoms. The van der Waals surface area contributed by atoms with E-state index in [2.05, 4.69) is 12.1 Å². The van der Waals surface area contributed by atoms with Gasteiger partial charge in [0.2, 0.25) is 0 Å². The van der Waals surface area contributed by atoms with Crippen molar-refractivity contribution in [3.05, 3.63) is 198 Å². The van der Waals surface area contributed by atoms with Crippen LogP contribution in [0.2, 0.25) is 0 Å². The highest BCUT2D eigenvalue weighted by atomic mass is 16.5. The van der Waals surface area contributed by atoms with Gasteiger partial charge in [-0.05, 0) is 64.3 Å². The highest BCUT2D eigenvalue weighted by molar-refractivity contribution is 5.81. The SMILES string of the molecule is OC(\C=C(/C(=C/C=C/COc1ccccc1)COc1ccccc1)c1ccccc1)(c1ccccc1)c1ccccc1. The molecule has 0 fully saturated rings. The van der Waals surface area contributed by atoms with Crippen LogP contribution in [0, 0.1) is 0 Å². The number of rotatable bonds is 12. The van der Waals surface area contributed by atoms with E-state index in [4.69, 9.17) is 9.47 Å². The first-order valence-corrected chi connectivity index (χ1v) is 14.1. The van der Waals surface area contributed by atoms with Crippen LogP contribution in [0.5, 0.6) is 11.5 Å². The number of ether oxygens (including phenoxy) is 2. The number of benzene rings is 5. The maximum Gasteiger partial charge on any atom is 0.134 e. The second-order valence-electron chi connectivity index (χ2n) is 9.77. The third kappa shape index (κ3) is 7.54. The van der Waals surface area contributed by atoms with E-state index >= 15 is 0 Å². The first-order valence-electron chi connectivity index (χ1n) is 14.1. The van der Waals surface area contributed by atoms with Gasteiger partial charge in [0.05, 0.1) is 0 Å². The summed E-state index contributed by atoms with van der Waals surface area (Å²) in [5.74, 6) is 1.59. The van der Waals surface area contributed by atoms with Crippen molar-refractivity contribution in [3.8, 4) is 11.5 Å². The van der Waals surface area contributed by atoms with Crippen LogP contribution < -0.4 is 9.47 Å². The van der Waals surface area contributed by atoms with Crippen molar-refractivity contribution in [2.24, 2.45) is 0 Å². The van der Waals surface area contributed by atoms with E-state index in [-0.39, 0.29) is 0 Å². The Morgan fingerprint density at radius 3 is 1.55 bits per heavy atom. The fourth-order valence-corrected chi connectivity index (χ4v) is 4.70. The van der Waals surface area contributed by atoms with Gasteiger partial charge < -0.3 is 14.6 Å². The van der Waals surface area contributed by atoms with E-state index in [9.17, 15) is 5.11 Å². The minimum atomic E-state index is -1.39. The molecule has 0 saturated heterocycles. The minimum absolute atomic E-state index is 0.300. The van der Waals surface area contributed by atoms with Crippen molar-refractivity contribution in [2.75, 3.05) is 13.2 Å². The molecule has 0 aliphatic heterocycles. The quantitative estimate of drug-likeness (QED) is 0.158. The highest BCUT2D eigenvalue weighted by Gasteiger charge is 2.30. The Balaban J connectivity index is 1.58. The molecule has 0 amide bonds. The average molecular weight is 551 g/mol. The summed E-state index contributed by atoms with van der Waals surface area (Å²) < 4.78 is 12.1. The number of hydrogen-bond acceptors (Lipinski definition) is 3. The normalized spacial score (nSPS) is 12.3. The van der Waals surface area contributed by atoms with Gasteiger partial charge in [0.25, 0.3) is 0 Å². The lowest BCUT2D eigenvalue weighted by Crippen LogP contribution is -2.25. The molecular weight excluding hydrogens is 516 g/mol. The van der Waals surface area contributed by atoms with Gasteiger partial charge in [0, 0.05) is 0 Å². The van der Waals surface area contributed by atoms with Crippen LogP contribution in [0.25, 0.3) is 5.57 Å². The van der Waals surface area contributed by atoms with E-state index < -0.39 is 5.60 Å². The molecule has 0 aromatic heterocycles. The Labute approximate surface area is 248 Å². The van der Waals surface area contributed by atoms with Gasteiger partial charge >= 0.3 is 0 Å². The molecule has 3 heteroatoms. The molecule has 5 aromatic carbocycles. The molecule has 0 spiro atoms. The minimum Gasteiger partial charge on any atom is -0.490 e. The maximum absolute atomic E-state index is 12.5. The van der Waals surface area contributed by atoms with Gasteiger partial charge in [-0.25, -0.2) is 0 Å². The molecule has 208 valence electrons.